The van der Waals surface area contributed by atoms with Crippen LogP contribution in [0.2, 0.25) is 0 Å². The standard InChI is InChI=1S/C12H14N4O4/c1-7(2)12(17)5-15(6-12)8-3-4-9(16(18)19)11-10(8)13-20-14-11/h3-4,7,17H,5-6H2,1-2H3. The normalized spacial score (nSPS) is 17.5. The zero-order valence-electron chi connectivity index (χ0n) is 11.1. The summed E-state index contributed by atoms with van der Waals surface area (Å²) in [5.74, 6) is 0.141. The maximum atomic E-state index is 10.9. The van der Waals surface area contributed by atoms with Crippen LogP contribution < -0.4 is 4.90 Å². The Hall–Kier alpha value is -2.22. The van der Waals surface area contributed by atoms with E-state index in [1.54, 1.807) is 6.07 Å². The number of hydrogen-bond acceptors (Lipinski definition) is 7. The number of fused-ring (bicyclic) bond motifs is 1. The topological polar surface area (TPSA) is 106 Å². The van der Waals surface area contributed by atoms with E-state index >= 15 is 0 Å². The molecule has 1 aromatic carbocycles. The highest BCUT2D eigenvalue weighted by Gasteiger charge is 2.44. The molecule has 0 unspecified atom stereocenters. The molecule has 2 heterocycles. The number of nitrogens with zero attached hydrogens (tertiary/aromatic N) is 4. The number of nitro benzene ring substituents is 1. The van der Waals surface area contributed by atoms with Gasteiger partial charge in [-0.1, -0.05) is 13.8 Å². The van der Waals surface area contributed by atoms with Gasteiger partial charge >= 0.3 is 5.69 Å². The molecular formula is C12H14N4O4. The van der Waals surface area contributed by atoms with Crippen LogP contribution in [-0.4, -0.2) is 39.0 Å². The van der Waals surface area contributed by atoms with Gasteiger partial charge in [0, 0.05) is 19.2 Å². The smallest absolute Gasteiger partial charge is 0.300 e. The van der Waals surface area contributed by atoms with Crippen molar-refractivity contribution in [3.63, 3.8) is 0 Å². The summed E-state index contributed by atoms with van der Waals surface area (Å²) in [6.07, 6.45) is 0. The molecule has 0 atom stereocenters. The molecule has 2 aromatic rings. The van der Waals surface area contributed by atoms with Crippen LogP contribution >= 0.6 is 0 Å². The zero-order chi connectivity index (χ0) is 14.5. The van der Waals surface area contributed by atoms with Gasteiger partial charge < -0.3 is 10.0 Å². The minimum atomic E-state index is -0.731. The Bertz CT molecular complexity index is 675. The maximum Gasteiger partial charge on any atom is 0.300 e. The molecule has 8 nitrogen and oxygen atoms in total. The molecule has 106 valence electrons. The van der Waals surface area contributed by atoms with Gasteiger partial charge in [0.1, 0.15) is 5.60 Å². The van der Waals surface area contributed by atoms with Gasteiger partial charge in [-0.25, -0.2) is 4.63 Å². The molecule has 3 rings (SSSR count). The van der Waals surface area contributed by atoms with Crippen molar-refractivity contribution in [1.82, 2.24) is 10.3 Å². The van der Waals surface area contributed by atoms with E-state index in [2.05, 4.69) is 14.9 Å². The van der Waals surface area contributed by atoms with E-state index in [-0.39, 0.29) is 17.1 Å². The molecule has 20 heavy (non-hydrogen) atoms. The lowest BCUT2D eigenvalue weighted by molar-refractivity contribution is -0.383. The molecule has 1 aliphatic rings. The van der Waals surface area contributed by atoms with Crippen molar-refractivity contribution in [3.8, 4) is 0 Å². The van der Waals surface area contributed by atoms with E-state index in [0.29, 0.717) is 24.3 Å². The number of rotatable bonds is 3. The number of benzene rings is 1. The average Bonchev–Trinajstić information content (AvgIpc) is 2.82. The number of aromatic nitrogens is 2. The van der Waals surface area contributed by atoms with Gasteiger partial charge in [-0.15, -0.1) is 0 Å². The Kier molecular flexibility index (Phi) is 2.65. The van der Waals surface area contributed by atoms with Gasteiger partial charge in [0.05, 0.1) is 10.6 Å². The summed E-state index contributed by atoms with van der Waals surface area (Å²) in [6.45, 7) is 4.84. The minimum absolute atomic E-state index is 0.132. The van der Waals surface area contributed by atoms with Crippen molar-refractivity contribution in [1.29, 1.82) is 0 Å². The lowest BCUT2D eigenvalue weighted by Gasteiger charge is -2.50. The van der Waals surface area contributed by atoms with Crippen LogP contribution in [0.4, 0.5) is 11.4 Å². The monoisotopic (exact) mass is 278 g/mol. The van der Waals surface area contributed by atoms with Gasteiger partial charge in [0.15, 0.2) is 5.52 Å². The number of hydrogen-bond donors (Lipinski definition) is 1. The largest absolute Gasteiger partial charge is 0.386 e. The number of β-amino-alcohol motifs (C(OH)–C–C–N with tert-alkyl or cyclic N) is 1. The van der Waals surface area contributed by atoms with Gasteiger partial charge in [-0.3, -0.25) is 10.1 Å². The van der Waals surface area contributed by atoms with E-state index in [1.165, 1.54) is 6.07 Å². The van der Waals surface area contributed by atoms with Gasteiger partial charge in [-0.05, 0) is 22.3 Å². The summed E-state index contributed by atoms with van der Waals surface area (Å²) in [7, 11) is 0. The predicted molar refractivity (Wildman–Crippen MR) is 70.5 cm³/mol. The molecular weight excluding hydrogens is 264 g/mol. The van der Waals surface area contributed by atoms with E-state index in [4.69, 9.17) is 0 Å². The first-order valence-corrected chi connectivity index (χ1v) is 6.29. The number of non-ortho nitro benzene ring substituents is 1. The second-order valence-corrected chi connectivity index (χ2v) is 5.44. The molecule has 0 saturated carbocycles. The van der Waals surface area contributed by atoms with Crippen molar-refractivity contribution < 1.29 is 14.7 Å². The van der Waals surface area contributed by atoms with E-state index in [9.17, 15) is 15.2 Å². The molecule has 0 spiro atoms. The molecule has 0 amide bonds. The van der Waals surface area contributed by atoms with E-state index in [1.807, 2.05) is 18.7 Å². The summed E-state index contributed by atoms with van der Waals surface area (Å²) in [4.78, 5) is 12.3. The second-order valence-electron chi connectivity index (χ2n) is 5.44. The van der Waals surface area contributed by atoms with Crippen molar-refractivity contribution in [3.05, 3.63) is 22.2 Å². The quantitative estimate of drug-likeness (QED) is 0.667. The molecule has 0 aliphatic carbocycles. The molecule has 0 radical (unpaired) electrons. The highest BCUT2D eigenvalue weighted by Crippen LogP contribution is 2.37. The third kappa shape index (κ3) is 1.72. The van der Waals surface area contributed by atoms with Crippen LogP contribution in [-0.2, 0) is 0 Å². The Morgan fingerprint density at radius 2 is 2.05 bits per heavy atom. The fourth-order valence-corrected chi connectivity index (χ4v) is 2.39. The van der Waals surface area contributed by atoms with Crippen LogP contribution in [0.25, 0.3) is 11.0 Å². The highest BCUT2D eigenvalue weighted by atomic mass is 16.6. The summed E-state index contributed by atoms with van der Waals surface area (Å²) in [5, 5.41) is 28.5. The molecule has 1 aromatic heterocycles. The summed E-state index contributed by atoms with van der Waals surface area (Å²) in [6, 6.07) is 3.00. The average molecular weight is 278 g/mol. The molecule has 1 fully saturated rings. The Labute approximate surface area is 114 Å². The first-order valence-electron chi connectivity index (χ1n) is 6.29. The number of nitro groups is 1. The van der Waals surface area contributed by atoms with Crippen molar-refractivity contribution in [2.75, 3.05) is 18.0 Å². The summed E-state index contributed by atoms with van der Waals surface area (Å²) >= 11 is 0. The Morgan fingerprint density at radius 3 is 2.65 bits per heavy atom. The van der Waals surface area contributed by atoms with Crippen LogP contribution in [0.15, 0.2) is 16.8 Å². The Balaban J connectivity index is 1.97. The second kappa shape index (κ2) is 4.14. The zero-order valence-corrected chi connectivity index (χ0v) is 11.1. The van der Waals surface area contributed by atoms with E-state index < -0.39 is 10.5 Å². The Morgan fingerprint density at radius 1 is 1.40 bits per heavy atom. The fourth-order valence-electron chi connectivity index (χ4n) is 2.39. The third-order valence-electron chi connectivity index (χ3n) is 3.91. The van der Waals surface area contributed by atoms with Crippen molar-refractivity contribution in [2.45, 2.75) is 19.4 Å². The third-order valence-corrected chi connectivity index (χ3v) is 3.91. The summed E-state index contributed by atoms with van der Waals surface area (Å²) < 4.78 is 4.62. The first kappa shape index (κ1) is 12.8. The predicted octanol–water partition coefficient (Wildman–Crippen LogP) is 1.34. The lowest BCUT2D eigenvalue weighted by atomic mass is 9.82. The lowest BCUT2D eigenvalue weighted by Crippen LogP contribution is -2.64. The van der Waals surface area contributed by atoms with Gasteiger partial charge in [-0.2, -0.15) is 0 Å². The van der Waals surface area contributed by atoms with Crippen LogP contribution in [0, 0.1) is 16.0 Å². The van der Waals surface area contributed by atoms with Crippen LogP contribution in [0.3, 0.4) is 0 Å². The first-order chi connectivity index (χ1) is 9.42. The van der Waals surface area contributed by atoms with Crippen LogP contribution in [0.1, 0.15) is 13.8 Å². The molecule has 1 saturated heterocycles. The maximum absolute atomic E-state index is 10.9. The highest BCUT2D eigenvalue weighted by molar-refractivity contribution is 5.94. The molecule has 8 heteroatoms. The van der Waals surface area contributed by atoms with Gasteiger partial charge in [0.2, 0.25) is 5.52 Å². The molecule has 1 N–H and O–H groups in total. The fraction of sp³-hybridized carbons (Fsp3) is 0.500. The van der Waals surface area contributed by atoms with Crippen molar-refractivity contribution in [2.24, 2.45) is 5.92 Å². The number of aliphatic hydroxyl groups is 1. The van der Waals surface area contributed by atoms with Gasteiger partial charge in [0.25, 0.3) is 0 Å². The number of anilines is 1. The minimum Gasteiger partial charge on any atom is -0.386 e. The summed E-state index contributed by atoms with van der Waals surface area (Å²) in [5.41, 5.74) is 0.310. The molecule has 0 bridgehead atoms. The van der Waals surface area contributed by atoms with E-state index in [0.717, 1.165) is 0 Å². The van der Waals surface area contributed by atoms with Crippen LogP contribution in [0.5, 0.6) is 0 Å². The SMILES string of the molecule is CC(C)C1(O)CN(c2ccc([N+](=O)[O-])c3nonc23)C1. The van der Waals surface area contributed by atoms with Crippen molar-refractivity contribution >= 4 is 22.4 Å². The molecule has 1 aliphatic heterocycles.